The molecule has 0 heterocycles. The summed E-state index contributed by atoms with van der Waals surface area (Å²) in [5.74, 6) is -0.0985. The lowest BCUT2D eigenvalue weighted by Crippen LogP contribution is -2.11. The van der Waals surface area contributed by atoms with Gasteiger partial charge in [0.1, 0.15) is 30.3 Å². The maximum absolute atomic E-state index is 11.1. The third-order valence-electron chi connectivity index (χ3n) is 2.58. The Morgan fingerprint density at radius 2 is 1.90 bits per heavy atom. The largest absolute Gasteiger partial charge is 0.490 e. The average molecular weight is 372 g/mol. The minimum absolute atomic E-state index is 0.112. The van der Waals surface area contributed by atoms with E-state index in [4.69, 9.17) is 26.2 Å². The van der Waals surface area contributed by atoms with E-state index in [0.717, 1.165) is 4.47 Å². The van der Waals surface area contributed by atoms with E-state index in [1.165, 1.54) is 6.07 Å². The number of halogens is 2. The van der Waals surface area contributed by atoms with Crippen molar-refractivity contribution < 1.29 is 19.4 Å². The van der Waals surface area contributed by atoms with Gasteiger partial charge in [-0.25, -0.2) is 4.79 Å². The van der Waals surface area contributed by atoms with Crippen molar-refractivity contribution in [3.05, 3.63) is 57.5 Å². The predicted molar refractivity (Wildman–Crippen MR) is 83.5 cm³/mol. The molecule has 0 saturated carbocycles. The molecule has 2 aromatic rings. The minimum Gasteiger partial charge on any atom is -0.490 e. The molecule has 2 rings (SSSR count). The molecule has 0 aromatic heterocycles. The van der Waals surface area contributed by atoms with Crippen molar-refractivity contribution in [1.29, 1.82) is 0 Å². The van der Waals surface area contributed by atoms with Gasteiger partial charge in [-0.3, -0.25) is 0 Å². The second kappa shape index (κ2) is 7.33. The normalized spacial score (nSPS) is 10.2. The fraction of sp³-hybridized carbons (Fsp3) is 0.133. The van der Waals surface area contributed by atoms with Crippen LogP contribution in [0.2, 0.25) is 5.02 Å². The van der Waals surface area contributed by atoms with Gasteiger partial charge in [0.05, 0.1) is 0 Å². The van der Waals surface area contributed by atoms with Crippen LogP contribution in [0.25, 0.3) is 0 Å². The van der Waals surface area contributed by atoms with Gasteiger partial charge in [0.25, 0.3) is 0 Å². The Bertz CT molecular complexity index is 645. The van der Waals surface area contributed by atoms with E-state index >= 15 is 0 Å². The number of hydrogen-bond acceptors (Lipinski definition) is 3. The molecule has 0 radical (unpaired) electrons. The zero-order valence-corrected chi connectivity index (χ0v) is 13.2. The summed E-state index contributed by atoms with van der Waals surface area (Å²) in [6.45, 7) is 0.509. The van der Waals surface area contributed by atoms with Crippen LogP contribution in [-0.4, -0.2) is 24.3 Å². The topological polar surface area (TPSA) is 55.8 Å². The smallest absolute Gasteiger partial charge is 0.339 e. The zero-order chi connectivity index (χ0) is 15.2. The molecule has 0 aliphatic rings. The number of hydrogen-bond donors (Lipinski definition) is 1. The summed E-state index contributed by atoms with van der Waals surface area (Å²) in [7, 11) is 0. The number of ether oxygens (including phenoxy) is 2. The SMILES string of the molecule is O=C(O)c1ccc(Br)cc1OCCOc1cccc(Cl)c1. The Labute approximate surface area is 135 Å². The van der Waals surface area contributed by atoms with Crippen LogP contribution in [0.15, 0.2) is 46.9 Å². The third kappa shape index (κ3) is 4.65. The van der Waals surface area contributed by atoms with E-state index in [1.54, 1.807) is 36.4 Å². The first-order valence-electron chi connectivity index (χ1n) is 6.10. The Morgan fingerprint density at radius 3 is 2.62 bits per heavy atom. The molecular formula is C15H12BrClO4. The van der Waals surface area contributed by atoms with Crippen LogP contribution in [0.4, 0.5) is 0 Å². The van der Waals surface area contributed by atoms with E-state index in [9.17, 15) is 4.79 Å². The van der Waals surface area contributed by atoms with Crippen molar-refractivity contribution in [2.24, 2.45) is 0 Å². The Morgan fingerprint density at radius 1 is 1.14 bits per heavy atom. The highest BCUT2D eigenvalue weighted by molar-refractivity contribution is 9.10. The summed E-state index contributed by atoms with van der Waals surface area (Å²) in [5.41, 5.74) is 0.112. The number of carboxylic acids is 1. The van der Waals surface area contributed by atoms with Crippen LogP contribution in [0.3, 0.4) is 0 Å². The van der Waals surface area contributed by atoms with Gasteiger partial charge in [0, 0.05) is 9.50 Å². The number of benzene rings is 2. The van der Waals surface area contributed by atoms with E-state index in [2.05, 4.69) is 15.9 Å². The maximum Gasteiger partial charge on any atom is 0.339 e. The Hall–Kier alpha value is -1.72. The van der Waals surface area contributed by atoms with E-state index in [0.29, 0.717) is 16.5 Å². The molecular weight excluding hydrogens is 360 g/mol. The van der Waals surface area contributed by atoms with Gasteiger partial charge < -0.3 is 14.6 Å². The van der Waals surface area contributed by atoms with Gasteiger partial charge in [0.2, 0.25) is 0 Å². The molecule has 0 fully saturated rings. The molecule has 6 heteroatoms. The van der Waals surface area contributed by atoms with Gasteiger partial charge in [-0.05, 0) is 36.4 Å². The maximum atomic E-state index is 11.1. The number of rotatable bonds is 6. The van der Waals surface area contributed by atoms with Crippen molar-refractivity contribution >= 4 is 33.5 Å². The third-order valence-corrected chi connectivity index (χ3v) is 3.31. The number of carboxylic acid groups (broad SMARTS) is 1. The lowest BCUT2D eigenvalue weighted by molar-refractivity contribution is 0.0691. The molecule has 110 valence electrons. The fourth-order valence-corrected chi connectivity index (χ4v) is 2.18. The molecule has 1 N–H and O–H groups in total. The van der Waals surface area contributed by atoms with Crippen LogP contribution in [0.5, 0.6) is 11.5 Å². The second-order valence-electron chi connectivity index (χ2n) is 4.10. The summed E-state index contributed by atoms with van der Waals surface area (Å²) < 4.78 is 11.7. The summed E-state index contributed by atoms with van der Waals surface area (Å²) >= 11 is 9.13. The molecule has 2 aromatic carbocycles. The summed E-state index contributed by atoms with van der Waals surface area (Å²) in [4.78, 5) is 11.1. The molecule has 0 atom stereocenters. The predicted octanol–water partition coefficient (Wildman–Crippen LogP) is 4.26. The highest BCUT2D eigenvalue weighted by atomic mass is 79.9. The summed E-state index contributed by atoms with van der Waals surface area (Å²) in [5, 5.41) is 9.67. The van der Waals surface area contributed by atoms with Crippen molar-refractivity contribution in [3.63, 3.8) is 0 Å². The molecule has 0 unspecified atom stereocenters. The van der Waals surface area contributed by atoms with Gasteiger partial charge in [-0.2, -0.15) is 0 Å². The highest BCUT2D eigenvalue weighted by Crippen LogP contribution is 2.24. The fourth-order valence-electron chi connectivity index (χ4n) is 1.66. The van der Waals surface area contributed by atoms with E-state index in [1.807, 2.05) is 0 Å². The summed E-state index contributed by atoms with van der Waals surface area (Å²) in [6.07, 6.45) is 0. The molecule has 0 aliphatic heterocycles. The summed E-state index contributed by atoms with van der Waals surface area (Å²) in [6, 6.07) is 11.8. The Kier molecular flexibility index (Phi) is 5.47. The van der Waals surface area contributed by atoms with Crippen LogP contribution in [0.1, 0.15) is 10.4 Å². The van der Waals surface area contributed by atoms with Crippen molar-refractivity contribution in [1.82, 2.24) is 0 Å². The molecule has 0 saturated heterocycles. The first-order valence-corrected chi connectivity index (χ1v) is 7.27. The molecule has 21 heavy (non-hydrogen) atoms. The van der Waals surface area contributed by atoms with Crippen molar-refractivity contribution in [2.45, 2.75) is 0 Å². The number of aromatic carboxylic acids is 1. The van der Waals surface area contributed by atoms with Crippen LogP contribution < -0.4 is 9.47 Å². The van der Waals surface area contributed by atoms with Crippen LogP contribution in [-0.2, 0) is 0 Å². The molecule has 0 bridgehead atoms. The molecule has 0 aliphatic carbocycles. The first-order chi connectivity index (χ1) is 10.1. The quantitative estimate of drug-likeness (QED) is 0.771. The Balaban J connectivity index is 1.91. The minimum atomic E-state index is -1.03. The van der Waals surface area contributed by atoms with E-state index in [-0.39, 0.29) is 18.8 Å². The van der Waals surface area contributed by atoms with Crippen molar-refractivity contribution in [3.8, 4) is 11.5 Å². The zero-order valence-electron chi connectivity index (χ0n) is 10.9. The molecule has 0 spiro atoms. The van der Waals surface area contributed by atoms with Gasteiger partial charge >= 0.3 is 5.97 Å². The van der Waals surface area contributed by atoms with Crippen LogP contribution in [0, 0.1) is 0 Å². The highest BCUT2D eigenvalue weighted by Gasteiger charge is 2.11. The van der Waals surface area contributed by atoms with Gasteiger partial charge in [0.15, 0.2) is 0 Å². The van der Waals surface area contributed by atoms with Crippen molar-refractivity contribution in [2.75, 3.05) is 13.2 Å². The van der Waals surface area contributed by atoms with Gasteiger partial charge in [-0.1, -0.05) is 33.6 Å². The lowest BCUT2D eigenvalue weighted by atomic mass is 10.2. The van der Waals surface area contributed by atoms with E-state index < -0.39 is 5.97 Å². The first kappa shape index (κ1) is 15.7. The molecule has 4 nitrogen and oxygen atoms in total. The van der Waals surface area contributed by atoms with Gasteiger partial charge in [-0.15, -0.1) is 0 Å². The number of carbonyl (C=O) groups is 1. The lowest BCUT2D eigenvalue weighted by Gasteiger charge is -2.11. The monoisotopic (exact) mass is 370 g/mol. The average Bonchev–Trinajstić information content (AvgIpc) is 2.43. The second-order valence-corrected chi connectivity index (χ2v) is 5.45. The molecule has 0 amide bonds. The standard InChI is InChI=1S/C15H12BrClO4/c16-10-4-5-13(15(18)19)14(8-10)21-7-6-20-12-3-1-2-11(17)9-12/h1-5,8-9H,6-7H2,(H,18,19). The van der Waals surface area contributed by atoms with Crippen LogP contribution >= 0.6 is 27.5 Å².